The maximum atomic E-state index is 11.9. The van der Waals surface area contributed by atoms with E-state index in [0.29, 0.717) is 29.6 Å². The highest BCUT2D eigenvalue weighted by Gasteiger charge is 2.08. The largest absolute Gasteiger partial charge is 0.495 e. The molecule has 1 aromatic rings. The van der Waals surface area contributed by atoms with E-state index in [0.717, 1.165) is 13.0 Å². The second kappa shape index (κ2) is 7.63. The van der Waals surface area contributed by atoms with Gasteiger partial charge in [-0.2, -0.15) is 0 Å². The van der Waals surface area contributed by atoms with Gasteiger partial charge in [-0.15, -0.1) is 0 Å². The van der Waals surface area contributed by atoms with Crippen molar-refractivity contribution in [1.82, 2.24) is 10.6 Å². The number of benzene rings is 1. The van der Waals surface area contributed by atoms with Gasteiger partial charge < -0.3 is 21.1 Å². The normalized spacial score (nSPS) is 10.5. The van der Waals surface area contributed by atoms with Gasteiger partial charge in [-0.1, -0.05) is 13.8 Å². The lowest BCUT2D eigenvalue weighted by Crippen LogP contribution is -2.29. The second-order valence-corrected chi connectivity index (χ2v) is 4.68. The highest BCUT2D eigenvalue weighted by molar-refractivity contribution is 5.95. The molecule has 0 aliphatic carbocycles. The molecule has 1 rings (SSSR count). The van der Waals surface area contributed by atoms with Gasteiger partial charge in [0.05, 0.1) is 12.8 Å². The van der Waals surface area contributed by atoms with Crippen LogP contribution in [0.4, 0.5) is 5.69 Å². The number of hydrogen-bond donors (Lipinski definition) is 3. The molecule has 0 heterocycles. The van der Waals surface area contributed by atoms with E-state index in [1.54, 1.807) is 18.2 Å². The molecule has 0 aromatic heterocycles. The van der Waals surface area contributed by atoms with E-state index < -0.39 is 0 Å². The summed E-state index contributed by atoms with van der Waals surface area (Å²) < 4.78 is 5.09. The zero-order valence-corrected chi connectivity index (χ0v) is 11.8. The van der Waals surface area contributed by atoms with E-state index in [1.807, 2.05) is 0 Å². The summed E-state index contributed by atoms with van der Waals surface area (Å²) in [5.74, 6) is 0.414. The summed E-state index contributed by atoms with van der Waals surface area (Å²) in [6.45, 7) is 5.73. The Balaban J connectivity index is 2.41. The fraction of sp³-hybridized carbons (Fsp3) is 0.500. The minimum absolute atomic E-state index is 0.108. The predicted octanol–water partition coefficient (Wildman–Crippen LogP) is 1.40. The number of rotatable bonds is 7. The molecule has 5 heteroatoms. The van der Waals surface area contributed by atoms with Gasteiger partial charge in [0.15, 0.2) is 0 Å². The van der Waals surface area contributed by atoms with Gasteiger partial charge in [-0.05, 0) is 31.2 Å². The van der Waals surface area contributed by atoms with Crippen molar-refractivity contribution in [3.05, 3.63) is 23.8 Å². The number of hydrogen-bond acceptors (Lipinski definition) is 4. The molecule has 0 aliphatic rings. The number of anilines is 1. The van der Waals surface area contributed by atoms with Crippen molar-refractivity contribution in [3.8, 4) is 5.75 Å². The monoisotopic (exact) mass is 265 g/mol. The molecular weight excluding hydrogens is 242 g/mol. The summed E-state index contributed by atoms with van der Waals surface area (Å²) in [7, 11) is 1.53. The number of nitrogens with one attached hydrogen (secondary N) is 2. The quantitative estimate of drug-likeness (QED) is 0.514. The van der Waals surface area contributed by atoms with Gasteiger partial charge in [0.1, 0.15) is 5.75 Å². The van der Waals surface area contributed by atoms with Crippen LogP contribution in [0, 0.1) is 0 Å². The van der Waals surface area contributed by atoms with E-state index in [2.05, 4.69) is 24.5 Å². The number of amides is 1. The molecule has 106 valence electrons. The standard InChI is InChI=1S/C14H23N3O2/c1-10(2)16-7-4-8-17-14(18)11-5-6-12(15)13(9-11)19-3/h5-6,9-10,16H,4,7-8,15H2,1-3H3,(H,17,18). The number of nitrogen functional groups attached to an aromatic ring is 1. The molecule has 0 radical (unpaired) electrons. The Labute approximate surface area is 114 Å². The first kappa shape index (κ1) is 15.3. The van der Waals surface area contributed by atoms with Crippen molar-refractivity contribution in [2.75, 3.05) is 25.9 Å². The van der Waals surface area contributed by atoms with Crippen LogP contribution in [0.3, 0.4) is 0 Å². The van der Waals surface area contributed by atoms with E-state index in [1.165, 1.54) is 7.11 Å². The zero-order valence-electron chi connectivity index (χ0n) is 11.8. The fourth-order valence-electron chi connectivity index (χ4n) is 1.64. The third kappa shape index (κ3) is 5.18. The van der Waals surface area contributed by atoms with Crippen LogP contribution in [0.25, 0.3) is 0 Å². The van der Waals surface area contributed by atoms with Crippen molar-refractivity contribution >= 4 is 11.6 Å². The summed E-state index contributed by atoms with van der Waals surface area (Å²) in [6.07, 6.45) is 0.899. The summed E-state index contributed by atoms with van der Waals surface area (Å²) in [4.78, 5) is 11.9. The van der Waals surface area contributed by atoms with Crippen molar-refractivity contribution in [2.24, 2.45) is 0 Å². The number of ether oxygens (including phenoxy) is 1. The van der Waals surface area contributed by atoms with Crippen LogP contribution in [-0.4, -0.2) is 32.1 Å². The summed E-state index contributed by atoms with van der Waals surface area (Å²) in [6, 6.07) is 5.49. The summed E-state index contributed by atoms with van der Waals surface area (Å²) in [5.41, 5.74) is 6.79. The minimum atomic E-state index is -0.108. The van der Waals surface area contributed by atoms with Gasteiger partial charge in [0, 0.05) is 18.2 Å². The Kier molecular flexibility index (Phi) is 6.15. The molecular formula is C14H23N3O2. The SMILES string of the molecule is COc1cc(C(=O)NCCCNC(C)C)ccc1N. The topological polar surface area (TPSA) is 76.4 Å². The molecule has 19 heavy (non-hydrogen) atoms. The lowest BCUT2D eigenvalue weighted by Gasteiger charge is -2.10. The van der Waals surface area contributed by atoms with Crippen molar-refractivity contribution < 1.29 is 9.53 Å². The second-order valence-electron chi connectivity index (χ2n) is 4.68. The molecule has 0 unspecified atom stereocenters. The Bertz CT molecular complexity index is 419. The van der Waals surface area contributed by atoms with Crippen LogP contribution in [0.2, 0.25) is 0 Å². The van der Waals surface area contributed by atoms with Gasteiger partial charge in [-0.3, -0.25) is 4.79 Å². The highest BCUT2D eigenvalue weighted by Crippen LogP contribution is 2.21. The van der Waals surface area contributed by atoms with E-state index in [4.69, 9.17) is 10.5 Å². The van der Waals surface area contributed by atoms with Gasteiger partial charge >= 0.3 is 0 Å². The average Bonchev–Trinajstić information content (AvgIpc) is 2.38. The molecule has 0 saturated heterocycles. The molecule has 4 N–H and O–H groups in total. The molecule has 0 bridgehead atoms. The van der Waals surface area contributed by atoms with E-state index in [9.17, 15) is 4.79 Å². The van der Waals surface area contributed by atoms with E-state index >= 15 is 0 Å². The Morgan fingerprint density at radius 2 is 2.11 bits per heavy atom. The van der Waals surface area contributed by atoms with E-state index in [-0.39, 0.29) is 5.91 Å². The molecule has 1 amide bonds. The average molecular weight is 265 g/mol. The predicted molar refractivity (Wildman–Crippen MR) is 77.5 cm³/mol. The maximum Gasteiger partial charge on any atom is 0.251 e. The first-order valence-corrected chi connectivity index (χ1v) is 6.49. The number of carbonyl (C=O) groups is 1. The molecule has 0 saturated carbocycles. The first-order valence-electron chi connectivity index (χ1n) is 6.49. The third-order valence-electron chi connectivity index (χ3n) is 2.69. The lowest BCUT2D eigenvalue weighted by atomic mass is 10.1. The first-order chi connectivity index (χ1) is 9.04. The summed E-state index contributed by atoms with van der Waals surface area (Å²) >= 11 is 0. The number of nitrogens with two attached hydrogens (primary N) is 1. The minimum Gasteiger partial charge on any atom is -0.495 e. The smallest absolute Gasteiger partial charge is 0.251 e. The number of methoxy groups -OCH3 is 1. The Hall–Kier alpha value is -1.75. The molecule has 0 aliphatic heterocycles. The van der Waals surface area contributed by atoms with Gasteiger partial charge in [-0.25, -0.2) is 0 Å². The third-order valence-corrected chi connectivity index (χ3v) is 2.69. The van der Waals surface area contributed by atoms with Crippen molar-refractivity contribution in [3.63, 3.8) is 0 Å². The number of carbonyl (C=O) groups excluding carboxylic acids is 1. The van der Waals surface area contributed by atoms with Crippen LogP contribution >= 0.6 is 0 Å². The lowest BCUT2D eigenvalue weighted by molar-refractivity contribution is 0.0953. The van der Waals surface area contributed by atoms with Crippen molar-refractivity contribution in [2.45, 2.75) is 26.3 Å². The maximum absolute atomic E-state index is 11.9. The van der Waals surface area contributed by atoms with Crippen LogP contribution < -0.4 is 21.1 Å². The van der Waals surface area contributed by atoms with Crippen LogP contribution in [0.1, 0.15) is 30.6 Å². The fourth-order valence-corrected chi connectivity index (χ4v) is 1.64. The molecule has 5 nitrogen and oxygen atoms in total. The molecule has 0 atom stereocenters. The highest BCUT2D eigenvalue weighted by atomic mass is 16.5. The summed E-state index contributed by atoms with van der Waals surface area (Å²) in [5, 5.41) is 6.17. The van der Waals surface area contributed by atoms with Crippen LogP contribution in [0.5, 0.6) is 5.75 Å². The van der Waals surface area contributed by atoms with Gasteiger partial charge in [0.2, 0.25) is 0 Å². The zero-order chi connectivity index (χ0) is 14.3. The Morgan fingerprint density at radius 1 is 1.37 bits per heavy atom. The Morgan fingerprint density at radius 3 is 2.74 bits per heavy atom. The molecule has 1 aromatic carbocycles. The molecule has 0 spiro atoms. The molecule has 0 fully saturated rings. The van der Waals surface area contributed by atoms with Crippen molar-refractivity contribution in [1.29, 1.82) is 0 Å². The van der Waals surface area contributed by atoms with Crippen LogP contribution in [0.15, 0.2) is 18.2 Å². The van der Waals surface area contributed by atoms with Gasteiger partial charge in [0.25, 0.3) is 5.91 Å². The van der Waals surface area contributed by atoms with Crippen LogP contribution in [-0.2, 0) is 0 Å².